The van der Waals surface area contributed by atoms with E-state index in [2.05, 4.69) is 28.5 Å². The minimum Gasteiger partial charge on any atom is -0.481 e. The average molecular weight is 302 g/mol. The van der Waals surface area contributed by atoms with Gasteiger partial charge in [-0.3, -0.25) is 0 Å². The first kappa shape index (κ1) is 11.3. The molecule has 2 nitrogen and oxygen atoms in total. The van der Waals surface area contributed by atoms with Crippen LogP contribution < -0.4 is 4.74 Å². The fraction of sp³-hybridized carbons (Fsp3) is 0.273. The molecule has 1 rings (SSSR count). The van der Waals surface area contributed by atoms with Crippen molar-refractivity contribution in [2.75, 3.05) is 6.61 Å². The summed E-state index contributed by atoms with van der Waals surface area (Å²) in [4.78, 5) is 0. The molecular formula is C11H11IO2. The average Bonchev–Trinajstić information content (AvgIpc) is 2.17. The lowest BCUT2D eigenvalue weighted by Gasteiger charge is -2.09. The van der Waals surface area contributed by atoms with E-state index in [1.807, 2.05) is 19.1 Å². The molecule has 0 saturated heterocycles. The topological polar surface area (TPSA) is 29.5 Å². The Morgan fingerprint density at radius 3 is 2.86 bits per heavy atom. The van der Waals surface area contributed by atoms with Crippen LogP contribution in [0.15, 0.2) is 12.1 Å². The predicted octanol–water partition coefficient (Wildman–Crippen LogP) is 2.10. The van der Waals surface area contributed by atoms with Crippen molar-refractivity contribution in [3.8, 4) is 18.1 Å². The minimum absolute atomic E-state index is 0.0188. The number of halogens is 1. The molecule has 74 valence electrons. The molecule has 0 saturated carbocycles. The summed E-state index contributed by atoms with van der Waals surface area (Å²) in [6.45, 7) is 2.23. The number of hydrogen-bond donors (Lipinski definition) is 1. The summed E-state index contributed by atoms with van der Waals surface area (Å²) in [7, 11) is 0. The predicted molar refractivity (Wildman–Crippen MR) is 64.1 cm³/mol. The van der Waals surface area contributed by atoms with Gasteiger partial charge in [0.05, 0.1) is 6.61 Å². The first-order chi connectivity index (χ1) is 6.69. The highest BCUT2D eigenvalue weighted by molar-refractivity contribution is 14.1. The van der Waals surface area contributed by atoms with E-state index in [-0.39, 0.29) is 13.2 Å². The monoisotopic (exact) mass is 302 g/mol. The largest absolute Gasteiger partial charge is 0.481 e. The summed E-state index contributed by atoms with van der Waals surface area (Å²) in [6, 6.07) is 3.80. The molecule has 0 spiro atoms. The third kappa shape index (κ3) is 2.63. The third-order valence-corrected chi connectivity index (χ3v) is 2.83. The highest BCUT2D eigenvalue weighted by Crippen LogP contribution is 2.24. The van der Waals surface area contributed by atoms with Gasteiger partial charge in [0.15, 0.2) is 0 Å². The van der Waals surface area contributed by atoms with Gasteiger partial charge in [-0.15, -0.1) is 6.42 Å². The second kappa shape index (κ2) is 5.23. The number of rotatable bonds is 3. The number of terminal acetylenes is 1. The van der Waals surface area contributed by atoms with Crippen molar-refractivity contribution in [3.05, 3.63) is 26.8 Å². The van der Waals surface area contributed by atoms with Crippen LogP contribution in [0.3, 0.4) is 0 Å². The highest BCUT2D eigenvalue weighted by Gasteiger charge is 2.05. The van der Waals surface area contributed by atoms with E-state index in [1.54, 1.807) is 0 Å². The van der Waals surface area contributed by atoms with Gasteiger partial charge in [0.2, 0.25) is 0 Å². The van der Waals surface area contributed by atoms with Gasteiger partial charge in [0.25, 0.3) is 0 Å². The zero-order valence-corrected chi connectivity index (χ0v) is 10.0. The van der Waals surface area contributed by atoms with Crippen LogP contribution in [-0.4, -0.2) is 11.7 Å². The summed E-state index contributed by atoms with van der Waals surface area (Å²) >= 11 is 2.18. The summed E-state index contributed by atoms with van der Waals surface area (Å²) in [5.41, 5.74) is 1.89. The van der Waals surface area contributed by atoms with Crippen LogP contribution in [0.4, 0.5) is 0 Å². The number of benzene rings is 1. The van der Waals surface area contributed by atoms with Crippen LogP contribution in [0.1, 0.15) is 11.1 Å². The van der Waals surface area contributed by atoms with Gasteiger partial charge < -0.3 is 9.84 Å². The molecule has 1 N–H and O–H groups in total. The van der Waals surface area contributed by atoms with Gasteiger partial charge in [-0.2, -0.15) is 0 Å². The van der Waals surface area contributed by atoms with Crippen LogP contribution in [-0.2, 0) is 6.61 Å². The molecule has 0 amide bonds. The first-order valence-electron chi connectivity index (χ1n) is 4.15. The summed E-state index contributed by atoms with van der Waals surface area (Å²) in [5.74, 6) is 3.15. The molecule has 0 aliphatic heterocycles. The van der Waals surface area contributed by atoms with Gasteiger partial charge in [-0.1, -0.05) is 5.92 Å². The standard InChI is InChI=1S/C11H11IO2/c1-3-4-14-11-6-9(7-13)10(12)5-8(11)2/h1,5-6,13H,4,7H2,2H3. The molecule has 14 heavy (non-hydrogen) atoms. The summed E-state index contributed by atoms with van der Waals surface area (Å²) in [5, 5.41) is 9.06. The molecule has 0 unspecified atom stereocenters. The number of ether oxygens (including phenoxy) is 1. The van der Waals surface area contributed by atoms with Crippen molar-refractivity contribution < 1.29 is 9.84 Å². The lowest BCUT2D eigenvalue weighted by molar-refractivity contribution is 0.279. The molecular weight excluding hydrogens is 291 g/mol. The molecule has 1 aromatic carbocycles. The fourth-order valence-corrected chi connectivity index (χ4v) is 1.88. The molecule has 0 aliphatic carbocycles. The Labute approximate surface area is 97.4 Å². The Bertz CT molecular complexity index is 366. The van der Waals surface area contributed by atoms with E-state index in [0.717, 1.165) is 20.4 Å². The maximum Gasteiger partial charge on any atom is 0.148 e. The molecule has 0 aliphatic rings. The van der Waals surface area contributed by atoms with Crippen molar-refractivity contribution in [1.29, 1.82) is 0 Å². The van der Waals surface area contributed by atoms with Crippen LogP contribution in [0.2, 0.25) is 0 Å². The maximum absolute atomic E-state index is 9.06. The van der Waals surface area contributed by atoms with E-state index in [4.69, 9.17) is 16.3 Å². The number of aliphatic hydroxyl groups excluding tert-OH is 1. The van der Waals surface area contributed by atoms with E-state index in [9.17, 15) is 0 Å². The van der Waals surface area contributed by atoms with Gasteiger partial charge in [0.1, 0.15) is 12.4 Å². The first-order valence-corrected chi connectivity index (χ1v) is 5.23. The molecule has 0 atom stereocenters. The Morgan fingerprint density at radius 2 is 2.29 bits per heavy atom. The van der Waals surface area contributed by atoms with Gasteiger partial charge in [-0.05, 0) is 52.8 Å². The maximum atomic E-state index is 9.06. The van der Waals surface area contributed by atoms with Gasteiger partial charge in [0, 0.05) is 3.57 Å². The van der Waals surface area contributed by atoms with Crippen molar-refractivity contribution in [3.63, 3.8) is 0 Å². The molecule has 0 heterocycles. The fourth-order valence-electron chi connectivity index (χ4n) is 1.09. The second-order valence-electron chi connectivity index (χ2n) is 2.86. The van der Waals surface area contributed by atoms with Crippen LogP contribution in [0.5, 0.6) is 5.75 Å². The molecule has 0 radical (unpaired) electrons. The Morgan fingerprint density at radius 1 is 1.57 bits per heavy atom. The van der Waals surface area contributed by atoms with E-state index < -0.39 is 0 Å². The Hall–Kier alpha value is -0.730. The zero-order valence-electron chi connectivity index (χ0n) is 7.88. The molecule has 0 bridgehead atoms. The Balaban J connectivity index is 2.99. The van der Waals surface area contributed by atoms with Crippen molar-refractivity contribution in [1.82, 2.24) is 0 Å². The van der Waals surface area contributed by atoms with Crippen LogP contribution in [0.25, 0.3) is 0 Å². The lowest BCUT2D eigenvalue weighted by Crippen LogP contribution is -1.98. The summed E-state index contributed by atoms with van der Waals surface area (Å²) in [6.07, 6.45) is 5.10. The van der Waals surface area contributed by atoms with Crippen LogP contribution >= 0.6 is 22.6 Å². The van der Waals surface area contributed by atoms with Crippen LogP contribution in [0, 0.1) is 22.8 Å². The molecule has 0 fully saturated rings. The quantitative estimate of drug-likeness (QED) is 0.684. The third-order valence-electron chi connectivity index (χ3n) is 1.83. The van der Waals surface area contributed by atoms with Crippen molar-refractivity contribution in [2.45, 2.75) is 13.5 Å². The van der Waals surface area contributed by atoms with Gasteiger partial charge >= 0.3 is 0 Å². The number of aliphatic hydroxyl groups is 1. The van der Waals surface area contributed by atoms with E-state index >= 15 is 0 Å². The molecule has 0 aromatic heterocycles. The normalized spacial score (nSPS) is 9.57. The highest BCUT2D eigenvalue weighted by atomic mass is 127. The zero-order chi connectivity index (χ0) is 10.6. The van der Waals surface area contributed by atoms with Crippen molar-refractivity contribution in [2.24, 2.45) is 0 Å². The van der Waals surface area contributed by atoms with E-state index in [1.165, 1.54) is 0 Å². The number of aryl methyl sites for hydroxylation is 1. The second-order valence-corrected chi connectivity index (χ2v) is 4.02. The summed E-state index contributed by atoms with van der Waals surface area (Å²) < 4.78 is 6.37. The molecule has 3 heteroatoms. The lowest BCUT2D eigenvalue weighted by atomic mass is 10.1. The van der Waals surface area contributed by atoms with Gasteiger partial charge in [-0.25, -0.2) is 0 Å². The minimum atomic E-state index is 0.0188. The molecule has 1 aromatic rings. The number of hydrogen-bond acceptors (Lipinski definition) is 2. The van der Waals surface area contributed by atoms with Crippen molar-refractivity contribution >= 4 is 22.6 Å². The van der Waals surface area contributed by atoms with E-state index in [0.29, 0.717) is 0 Å². The smallest absolute Gasteiger partial charge is 0.148 e. The Kier molecular flexibility index (Phi) is 4.23. The SMILES string of the molecule is C#CCOc1cc(CO)c(I)cc1C.